The number of anilines is 1. The van der Waals surface area contributed by atoms with Crippen molar-refractivity contribution in [3.8, 4) is 0 Å². The van der Waals surface area contributed by atoms with Crippen LogP contribution in [-0.4, -0.2) is 25.4 Å². The topological polar surface area (TPSA) is 46.6 Å². The van der Waals surface area contributed by atoms with Crippen molar-refractivity contribution >= 4 is 28.2 Å². The van der Waals surface area contributed by atoms with E-state index >= 15 is 0 Å². The van der Waals surface area contributed by atoms with Crippen molar-refractivity contribution in [2.45, 2.75) is 25.7 Å². The fourth-order valence-electron chi connectivity index (χ4n) is 4.26. The van der Waals surface area contributed by atoms with Gasteiger partial charge in [-0.15, -0.1) is 0 Å². The average molecular weight is 399 g/mol. The lowest BCUT2D eigenvalue weighted by Crippen LogP contribution is -2.25. The van der Waals surface area contributed by atoms with Crippen LogP contribution >= 0.6 is 0 Å². The minimum atomic E-state index is -0.402. The molecule has 0 fully saturated rings. The number of rotatable bonds is 5. The van der Waals surface area contributed by atoms with Crippen molar-refractivity contribution in [1.82, 2.24) is 0 Å². The molecule has 0 saturated heterocycles. The molecule has 4 heteroatoms. The summed E-state index contributed by atoms with van der Waals surface area (Å²) >= 11 is 0. The number of likely N-dealkylation sites (N-methyl/N-ethyl adjacent to an activating group) is 1. The zero-order chi connectivity index (χ0) is 21.3. The maximum atomic E-state index is 12.6. The molecule has 0 spiro atoms. The number of ketones is 1. The van der Waals surface area contributed by atoms with E-state index in [0.717, 1.165) is 27.7 Å². The normalized spacial score (nSPS) is 16.0. The van der Waals surface area contributed by atoms with E-state index in [-0.39, 0.29) is 24.2 Å². The molecule has 1 aliphatic heterocycles. The number of hydrogen-bond acceptors (Lipinski definition) is 4. The number of para-hydroxylation sites is 1. The third kappa shape index (κ3) is 3.61. The second-order valence-corrected chi connectivity index (χ2v) is 8.17. The smallest absolute Gasteiger partial charge is 0.310 e. The van der Waals surface area contributed by atoms with E-state index in [1.165, 1.54) is 5.56 Å². The van der Waals surface area contributed by atoms with Crippen LogP contribution in [0.25, 0.3) is 10.8 Å². The Morgan fingerprint density at radius 2 is 1.67 bits per heavy atom. The monoisotopic (exact) mass is 399 g/mol. The molecule has 0 amide bonds. The summed E-state index contributed by atoms with van der Waals surface area (Å²) < 4.78 is 5.30. The number of ether oxygens (including phenoxy) is 1. The highest BCUT2D eigenvalue weighted by Crippen LogP contribution is 2.46. The first-order chi connectivity index (χ1) is 14.4. The number of benzene rings is 3. The molecular weight excluding hydrogens is 374 g/mol. The molecule has 0 radical (unpaired) electrons. The molecule has 4 rings (SSSR count). The first-order valence-corrected chi connectivity index (χ1v) is 10.1. The van der Waals surface area contributed by atoms with Gasteiger partial charge in [-0.2, -0.15) is 0 Å². The van der Waals surface area contributed by atoms with Crippen molar-refractivity contribution in [3.05, 3.63) is 89.6 Å². The number of fused-ring (bicyclic) bond motifs is 2. The van der Waals surface area contributed by atoms with E-state index in [9.17, 15) is 9.59 Å². The predicted molar refractivity (Wildman–Crippen MR) is 120 cm³/mol. The van der Waals surface area contributed by atoms with Crippen LogP contribution in [0.2, 0.25) is 0 Å². The maximum Gasteiger partial charge on any atom is 0.310 e. The second-order valence-electron chi connectivity index (χ2n) is 8.17. The van der Waals surface area contributed by atoms with Crippen molar-refractivity contribution in [2.24, 2.45) is 0 Å². The van der Waals surface area contributed by atoms with Crippen LogP contribution in [0.5, 0.6) is 0 Å². The number of nitrogens with zero attached hydrogens (tertiary/aromatic N) is 1. The summed E-state index contributed by atoms with van der Waals surface area (Å²) in [6.45, 7) is 3.94. The van der Waals surface area contributed by atoms with Crippen molar-refractivity contribution in [3.63, 3.8) is 0 Å². The summed E-state index contributed by atoms with van der Waals surface area (Å²) in [5, 5.41) is 2.10. The minimum absolute atomic E-state index is 0.141. The summed E-state index contributed by atoms with van der Waals surface area (Å²) in [5.74, 6) is -0.621. The Morgan fingerprint density at radius 1 is 0.967 bits per heavy atom. The van der Waals surface area contributed by atoms with Crippen LogP contribution < -0.4 is 4.90 Å². The Hall–Kier alpha value is -3.40. The molecule has 0 aromatic heterocycles. The lowest BCUT2D eigenvalue weighted by Gasteiger charge is -2.23. The molecular formula is C26H25NO3. The highest BCUT2D eigenvalue weighted by atomic mass is 16.5. The van der Waals surface area contributed by atoms with E-state index in [1.807, 2.05) is 72.6 Å². The fourth-order valence-corrected chi connectivity index (χ4v) is 4.26. The Labute approximate surface area is 176 Å². The van der Waals surface area contributed by atoms with Crippen LogP contribution in [0.3, 0.4) is 0 Å². The third-order valence-corrected chi connectivity index (χ3v) is 5.83. The predicted octanol–water partition coefficient (Wildman–Crippen LogP) is 4.81. The molecule has 152 valence electrons. The van der Waals surface area contributed by atoms with Gasteiger partial charge in [0.2, 0.25) is 0 Å². The zero-order valence-corrected chi connectivity index (χ0v) is 17.5. The lowest BCUT2D eigenvalue weighted by atomic mass is 9.83. The van der Waals surface area contributed by atoms with Gasteiger partial charge in [0, 0.05) is 29.9 Å². The summed E-state index contributed by atoms with van der Waals surface area (Å²) in [7, 11) is 1.96. The number of hydrogen-bond donors (Lipinski definition) is 0. The molecule has 1 aliphatic rings. The van der Waals surface area contributed by atoms with Gasteiger partial charge in [0.05, 0.1) is 6.42 Å². The van der Waals surface area contributed by atoms with Gasteiger partial charge in [0.25, 0.3) is 0 Å². The van der Waals surface area contributed by atoms with E-state index in [2.05, 4.69) is 19.9 Å². The van der Waals surface area contributed by atoms with Gasteiger partial charge in [-0.1, -0.05) is 74.5 Å². The number of esters is 1. The molecule has 4 nitrogen and oxygen atoms in total. The van der Waals surface area contributed by atoms with Crippen LogP contribution in [0.1, 0.15) is 25.0 Å². The number of allylic oxidation sites excluding steroid dienone is 1. The summed E-state index contributed by atoms with van der Waals surface area (Å²) in [6, 6.07) is 21.9. The third-order valence-electron chi connectivity index (χ3n) is 5.83. The van der Waals surface area contributed by atoms with Crippen LogP contribution in [0, 0.1) is 0 Å². The Kier molecular flexibility index (Phi) is 5.17. The van der Waals surface area contributed by atoms with E-state index in [1.54, 1.807) is 6.08 Å². The molecule has 0 aliphatic carbocycles. The highest BCUT2D eigenvalue weighted by Gasteiger charge is 2.38. The molecule has 0 N–H and O–H groups in total. The average Bonchev–Trinajstić information content (AvgIpc) is 2.93. The van der Waals surface area contributed by atoms with Gasteiger partial charge in [0.15, 0.2) is 12.4 Å². The quantitative estimate of drug-likeness (QED) is 0.456. The van der Waals surface area contributed by atoms with Crippen molar-refractivity contribution < 1.29 is 14.3 Å². The lowest BCUT2D eigenvalue weighted by molar-refractivity contribution is -0.146. The molecule has 0 unspecified atom stereocenters. The van der Waals surface area contributed by atoms with Crippen LogP contribution in [0.4, 0.5) is 5.69 Å². The van der Waals surface area contributed by atoms with Gasteiger partial charge >= 0.3 is 5.97 Å². The van der Waals surface area contributed by atoms with Crippen molar-refractivity contribution in [1.29, 1.82) is 0 Å². The molecule has 0 atom stereocenters. The zero-order valence-electron chi connectivity index (χ0n) is 17.5. The maximum absolute atomic E-state index is 12.6. The summed E-state index contributed by atoms with van der Waals surface area (Å²) in [5.41, 5.74) is 3.79. The first kappa shape index (κ1) is 19.9. The molecule has 1 heterocycles. The summed E-state index contributed by atoms with van der Waals surface area (Å²) in [6.07, 6.45) is 1.74. The number of carbonyl (C=O) groups is 2. The van der Waals surface area contributed by atoms with E-state index < -0.39 is 5.97 Å². The molecule has 0 bridgehead atoms. The van der Waals surface area contributed by atoms with Gasteiger partial charge in [0.1, 0.15) is 0 Å². The Balaban J connectivity index is 1.43. The van der Waals surface area contributed by atoms with Gasteiger partial charge in [-0.05, 0) is 28.0 Å². The largest absolute Gasteiger partial charge is 0.457 e. The molecule has 0 saturated carbocycles. The standard InChI is InChI=1S/C26H25NO3/c1-26(2)22-13-6-7-14-23(22)27(3)24(26)16-20(28)17-30-25(29)15-19-11-8-10-18-9-4-5-12-21(18)19/h4-14,16H,15,17H2,1-3H3. The SMILES string of the molecule is CN1C(=CC(=O)COC(=O)Cc2cccc3ccccc23)C(C)(C)c2ccccc21. The van der Waals surface area contributed by atoms with Gasteiger partial charge < -0.3 is 9.64 Å². The van der Waals surface area contributed by atoms with Gasteiger partial charge in [-0.3, -0.25) is 9.59 Å². The molecule has 3 aromatic rings. The van der Waals surface area contributed by atoms with E-state index in [0.29, 0.717) is 0 Å². The van der Waals surface area contributed by atoms with Crippen LogP contribution in [-0.2, 0) is 26.2 Å². The van der Waals surface area contributed by atoms with Crippen LogP contribution in [0.15, 0.2) is 78.5 Å². The molecule has 30 heavy (non-hydrogen) atoms. The second kappa shape index (κ2) is 7.79. The molecule has 3 aromatic carbocycles. The summed E-state index contributed by atoms with van der Waals surface area (Å²) in [4.78, 5) is 27.0. The Morgan fingerprint density at radius 3 is 2.47 bits per heavy atom. The van der Waals surface area contributed by atoms with E-state index in [4.69, 9.17) is 4.74 Å². The van der Waals surface area contributed by atoms with Crippen molar-refractivity contribution in [2.75, 3.05) is 18.6 Å². The highest BCUT2D eigenvalue weighted by molar-refractivity contribution is 5.95. The Bertz CT molecular complexity index is 1150. The van der Waals surface area contributed by atoms with Gasteiger partial charge in [-0.25, -0.2) is 0 Å². The first-order valence-electron chi connectivity index (χ1n) is 10.1. The minimum Gasteiger partial charge on any atom is -0.457 e. The fraction of sp³-hybridized carbons (Fsp3) is 0.231. The number of carbonyl (C=O) groups excluding carboxylic acids is 2.